The fraction of sp³-hybridized carbons (Fsp3) is 0.611. The Morgan fingerprint density at radius 1 is 1.17 bits per heavy atom. The van der Waals surface area contributed by atoms with E-state index >= 15 is 0 Å². The second kappa shape index (κ2) is 6.33. The Hall–Kier alpha value is -1.26. The number of benzene rings is 1. The number of fused-ring (bicyclic) bond motifs is 1. The van der Waals surface area contributed by atoms with Gasteiger partial charge in [-0.05, 0) is 69.5 Å². The third kappa shape index (κ3) is 3.33. The fourth-order valence-electron chi connectivity index (χ4n) is 3.53. The molecule has 2 amide bonds. The van der Waals surface area contributed by atoms with Crippen molar-refractivity contribution < 1.29 is 4.79 Å². The number of carbonyl (C=O) groups is 1. The van der Waals surface area contributed by atoms with Gasteiger partial charge in [-0.2, -0.15) is 0 Å². The van der Waals surface area contributed by atoms with Crippen LogP contribution in [0.15, 0.2) is 12.1 Å². The van der Waals surface area contributed by atoms with Crippen LogP contribution >= 0.6 is 11.6 Å². The van der Waals surface area contributed by atoms with Gasteiger partial charge in [0.25, 0.3) is 0 Å². The van der Waals surface area contributed by atoms with Gasteiger partial charge in [-0.25, -0.2) is 4.79 Å². The highest BCUT2D eigenvalue weighted by Gasteiger charge is 2.36. The zero-order valence-corrected chi connectivity index (χ0v) is 15.0. The lowest BCUT2D eigenvalue weighted by Crippen LogP contribution is -2.44. The van der Waals surface area contributed by atoms with E-state index in [0.29, 0.717) is 6.54 Å². The van der Waals surface area contributed by atoms with Gasteiger partial charge in [0, 0.05) is 30.2 Å². The van der Waals surface area contributed by atoms with Crippen LogP contribution in [0.25, 0.3) is 0 Å². The van der Waals surface area contributed by atoms with Crippen molar-refractivity contribution in [2.24, 2.45) is 0 Å². The van der Waals surface area contributed by atoms with Gasteiger partial charge in [-0.15, -0.1) is 0 Å². The minimum absolute atomic E-state index is 0.123. The van der Waals surface area contributed by atoms with Crippen molar-refractivity contribution in [3.05, 3.63) is 33.8 Å². The summed E-state index contributed by atoms with van der Waals surface area (Å²) in [6, 6.07) is 4.25. The minimum Gasteiger partial charge on any atom is -0.318 e. The van der Waals surface area contributed by atoms with Crippen molar-refractivity contribution >= 4 is 17.6 Å². The highest BCUT2D eigenvalue weighted by atomic mass is 35.5. The normalized spacial score (nSPS) is 19.0. The first kappa shape index (κ1) is 16.6. The smallest absolute Gasteiger partial charge is 0.318 e. The maximum Gasteiger partial charge on any atom is 0.320 e. The summed E-state index contributed by atoms with van der Waals surface area (Å²) in [6.07, 6.45) is 2.01. The van der Waals surface area contributed by atoms with Crippen LogP contribution in [0.4, 0.5) is 4.79 Å². The predicted octanol–water partition coefficient (Wildman–Crippen LogP) is 3.06. The molecule has 0 spiro atoms. The fourth-order valence-corrected chi connectivity index (χ4v) is 3.77. The summed E-state index contributed by atoms with van der Waals surface area (Å²) < 4.78 is 0. The van der Waals surface area contributed by atoms with Crippen LogP contribution in [-0.2, 0) is 19.4 Å². The molecule has 2 aliphatic heterocycles. The molecule has 0 radical (unpaired) electrons. The molecule has 1 fully saturated rings. The highest BCUT2D eigenvalue weighted by Crippen LogP contribution is 2.29. The Bertz CT molecular complexity index is 609. The first-order chi connectivity index (χ1) is 10.9. The van der Waals surface area contributed by atoms with Crippen molar-refractivity contribution in [2.75, 3.05) is 26.2 Å². The topological polar surface area (TPSA) is 35.6 Å². The first-order valence-corrected chi connectivity index (χ1v) is 8.82. The Labute approximate surface area is 143 Å². The van der Waals surface area contributed by atoms with Gasteiger partial charge >= 0.3 is 6.03 Å². The Balaban J connectivity index is 1.85. The van der Waals surface area contributed by atoms with E-state index in [-0.39, 0.29) is 11.6 Å². The third-order valence-electron chi connectivity index (χ3n) is 4.85. The van der Waals surface area contributed by atoms with Crippen LogP contribution in [0.3, 0.4) is 0 Å². The summed E-state index contributed by atoms with van der Waals surface area (Å²) in [5, 5.41) is 4.22. The molecule has 0 aromatic heterocycles. The van der Waals surface area contributed by atoms with Crippen LogP contribution in [0.5, 0.6) is 0 Å². The molecule has 1 aromatic rings. The summed E-state index contributed by atoms with van der Waals surface area (Å²) in [4.78, 5) is 16.6. The molecule has 0 atom stereocenters. The van der Waals surface area contributed by atoms with Gasteiger partial charge in [-0.3, -0.25) is 0 Å². The molecule has 1 aromatic carbocycles. The van der Waals surface area contributed by atoms with Crippen molar-refractivity contribution in [3.8, 4) is 0 Å². The third-order valence-corrected chi connectivity index (χ3v) is 5.20. The molecular weight excluding hydrogens is 310 g/mol. The predicted molar refractivity (Wildman–Crippen MR) is 94.0 cm³/mol. The molecule has 0 bridgehead atoms. The number of halogens is 1. The summed E-state index contributed by atoms with van der Waals surface area (Å²) >= 11 is 6.49. The molecule has 0 aliphatic carbocycles. The van der Waals surface area contributed by atoms with Gasteiger partial charge in [0.05, 0.1) is 0 Å². The number of amides is 2. The quantitative estimate of drug-likeness (QED) is 0.901. The molecule has 23 heavy (non-hydrogen) atoms. The SMILES string of the molecule is CC(C)(C)N1CCN(Cc2c(Cl)ccc3c2CCNCC3)C1=O. The van der Waals surface area contributed by atoms with Crippen LogP contribution in [0, 0.1) is 0 Å². The highest BCUT2D eigenvalue weighted by molar-refractivity contribution is 6.31. The summed E-state index contributed by atoms with van der Waals surface area (Å²) in [5.41, 5.74) is 3.71. The van der Waals surface area contributed by atoms with Crippen molar-refractivity contribution in [2.45, 2.75) is 45.7 Å². The lowest BCUT2D eigenvalue weighted by Gasteiger charge is -2.31. The van der Waals surface area contributed by atoms with Crippen LogP contribution < -0.4 is 5.32 Å². The molecule has 1 N–H and O–H groups in total. The zero-order chi connectivity index (χ0) is 16.6. The van der Waals surface area contributed by atoms with Crippen molar-refractivity contribution in [1.29, 1.82) is 0 Å². The standard InChI is InChI=1S/C18H26ClN3O/c1-18(2,3)22-11-10-21(17(22)23)12-15-14-7-9-20-8-6-13(14)4-5-16(15)19/h4-5,20H,6-12H2,1-3H3. The van der Waals surface area contributed by atoms with E-state index in [1.54, 1.807) is 0 Å². The molecular formula is C18H26ClN3O. The van der Waals surface area contributed by atoms with Crippen LogP contribution in [0.2, 0.25) is 5.02 Å². The number of rotatable bonds is 2. The average Bonchev–Trinajstić information content (AvgIpc) is 2.71. The number of urea groups is 1. The van der Waals surface area contributed by atoms with Crippen molar-refractivity contribution in [3.63, 3.8) is 0 Å². The van der Waals surface area contributed by atoms with Gasteiger partial charge in [0.1, 0.15) is 0 Å². The first-order valence-electron chi connectivity index (χ1n) is 8.44. The maximum absolute atomic E-state index is 12.7. The van der Waals surface area contributed by atoms with Gasteiger partial charge in [0.2, 0.25) is 0 Å². The lowest BCUT2D eigenvalue weighted by atomic mass is 9.96. The monoisotopic (exact) mass is 335 g/mol. The largest absolute Gasteiger partial charge is 0.320 e. The Morgan fingerprint density at radius 3 is 2.61 bits per heavy atom. The molecule has 126 valence electrons. The van der Waals surface area contributed by atoms with E-state index in [0.717, 1.165) is 49.6 Å². The lowest BCUT2D eigenvalue weighted by molar-refractivity contribution is 0.154. The van der Waals surface area contributed by atoms with Crippen molar-refractivity contribution in [1.82, 2.24) is 15.1 Å². The number of hydrogen-bond acceptors (Lipinski definition) is 2. The molecule has 0 saturated carbocycles. The molecule has 3 rings (SSSR count). The Morgan fingerprint density at radius 2 is 1.91 bits per heavy atom. The van der Waals surface area contributed by atoms with E-state index in [1.807, 2.05) is 15.9 Å². The van der Waals surface area contributed by atoms with E-state index in [1.165, 1.54) is 11.1 Å². The number of hydrogen-bond donors (Lipinski definition) is 1. The molecule has 2 heterocycles. The summed E-state index contributed by atoms with van der Waals surface area (Å²) in [6.45, 7) is 10.4. The second-order valence-electron chi connectivity index (χ2n) is 7.44. The average molecular weight is 336 g/mol. The summed E-state index contributed by atoms with van der Waals surface area (Å²) in [7, 11) is 0. The number of nitrogens with zero attached hydrogens (tertiary/aromatic N) is 2. The molecule has 2 aliphatic rings. The van der Waals surface area contributed by atoms with Crippen LogP contribution in [-0.4, -0.2) is 47.5 Å². The second-order valence-corrected chi connectivity index (χ2v) is 7.85. The van der Waals surface area contributed by atoms with E-state index in [2.05, 4.69) is 32.2 Å². The van der Waals surface area contributed by atoms with Crippen LogP contribution in [0.1, 0.15) is 37.5 Å². The van der Waals surface area contributed by atoms with Gasteiger partial charge in [0.15, 0.2) is 0 Å². The zero-order valence-electron chi connectivity index (χ0n) is 14.3. The Kier molecular flexibility index (Phi) is 4.56. The number of nitrogens with one attached hydrogen (secondary N) is 1. The van der Waals surface area contributed by atoms with E-state index in [9.17, 15) is 4.79 Å². The molecule has 4 nitrogen and oxygen atoms in total. The van der Waals surface area contributed by atoms with Gasteiger partial charge in [-0.1, -0.05) is 17.7 Å². The summed E-state index contributed by atoms with van der Waals surface area (Å²) in [5.74, 6) is 0. The number of carbonyl (C=O) groups excluding carboxylic acids is 1. The minimum atomic E-state index is -0.132. The molecule has 5 heteroatoms. The molecule has 0 unspecified atom stereocenters. The van der Waals surface area contributed by atoms with E-state index in [4.69, 9.17) is 11.6 Å². The van der Waals surface area contributed by atoms with Gasteiger partial charge < -0.3 is 15.1 Å². The van der Waals surface area contributed by atoms with E-state index < -0.39 is 0 Å². The maximum atomic E-state index is 12.7. The molecule has 1 saturated heterocycles.